The summed E-state index contributed by atoms with van der Waals surface area (Å²) in [7, 11) is 3.54. The van der Waals surface area contributed by atoms with Crippen LogP contribution in [0.4, 0.5) is 20.3 Å². The number of carbonyl (C=O) groups is 3. The fourth-order valence-corrected chi connectivity index (χ4v) is 11.4. The van der Waals surface area contributed by atoms with Gasteiger partial charge in [0, 0.05) is 107 Å². The van der Waals surface area contributed by atoms with Crippen molar-refractivity contribution in [1.29, 1.82) is 0 Å². The highest BCUT2D eigenvalue weighted by Gasteiger charge is 2.36. The molecule has 3 fully saturated rings. The van der Waals surface area contributed by atoms with E-state index < -0.39 is 18.4 Å². The molecule has 17 heteroatoms. The van der Waals surface area contributed by atoms with E-state index in [2.05, 4.69) is 41.9 Å². The molecule has 1 atom stereocenters. The summed E-state index contributed by atoms with van der Waals surface area (Å²) in [6, 6.07) is 9.25. The number of imidazole rings is 1. The second kappa shape index (κ2) is 18.2. The van der Waals surface area contributed by atoms with Gasteiger partial charge in [0.05, 0.1) is 29.8 Å². The maximum absolute atomic E-state index is 14.7. The molecule has 0 bridgehead atoms. The van der Waals surface area contributed by atoms with E-state index in [-0.39, 0.29) is 35.5 Å². The molecule has 2 aromatic carbocycles. The first-order valence-corrected chi connectivity index (χ1v) is 24.0. The number of likely N-dealkylation sites (tertiary alicyclic amines) is 2. The van der Waals surface area contributed by atoms with Gasteiger partial charge in [0.2, 0.25) is 17.7 Å². The number of benzene rings is 2. The van der Waals surface area contributed by atoms with Gasteiger partial charge in [0.1, 0.15) is 6.04 Å². The molecule has 1 unspecified atom stereocenters. The highest BCUT2D eigenvalue weighted by atomic mass is 19.3. The number of alkyl halides is 2. The molecule has 5 aromatic rings. The zero-order chi connectivity index (χ0) is 45.8. The average molecular weight is 906 g/mol. The lowest BCUT2D eigenvalue weighted by Crippen LogP contribution is -2.44. The summed E-state index contributed by atoms with van der Waals surface area (Å²) in [6.45, 7) is 9.63. The molecular formula is C49H61F2N11O4. The van der Waals surface area contributed by atoms with E-state index in [0.717, 1.165) is 118 Å². The van der Waals surface area contributed by atoms with E-state index in [0.29, 0.717) is 43.1 Å². The lowest BCUT2D eigenvalue weighted by atomic mass is 9.90. The number of hydrogen-bond donors (Lipinski definition) is 1. The number of aryl methyl sites for hydroxylation is 4. The second-order valence-electron chi connectivity index (χ2n) is 19.3. The van der Waals surface area contributed by atoms with Crippen molar-refractivity contribution in [2.24, 2.45) is 20.0 Å². The highest BCUT2D eigenvalue weighted by molar-refractivity contribution is 6.00. The molecule has 350 valence electrons. The number of amides is 3. The van der Waals surface area contributed by atoms with Gasteiger partial charge in [-0.25, -0.2) is 13.6 Å². The largest absolute Gasteiger partial charge is 0.338 e. The number of piperidine rings is 3. The van der Waals surface area contributed by atoms with Crippen LogP contribution in [0.2, 0.25) is 0 Å². The van der Waals surface area contributed by atoms with Gasteiger partial charge in [-0.1, -0.05) is 6.07 Å². The summed E-state index contributed by atoms with van der Waals surface area (Å²) in [4.78, 5) is 59.4. The van der Waals surface area contributed by atoms with Crippen LogP contribution in [0.15, 0.2) is 47.5 Å². The van der Waals surface area contributed by atoms with Gasteiger partial charge in [0.15, 0.2) is 5.82 Å². The number of nitrogens with one attached hydrogen (secondary N) is 1. The second-order valence-corrected chi connectivity index (χ2v) is 19.3. The van der Waals surface area contributed by atoms with Gasteiger partial charge < -0.3 is 19.6 Å². The Morgan fingerprint density at radius 2 is 1.64 bits per heavy atom. The number of anilines is 2. The number of nitrogens with zero attached hydrogens (tertiary/aromatic N) is 10. The van der Waals surface area contributed by atoms with E-state index in [1.165, 1.54) is 28.7 Å². The Morgan fingerprint density at radius 3 is 2.33 bits per heavy atom. The Bertz CT molecular complexity index is 2720. The Balaban J connectivity index is 0.750. The van der Waals surface area contributed by atoms with Gasteiger partial charge in [-0.15, -0.1) is 0 Å². The van der Waals surface area contributed by atoms with Crippen molar-refractivity contribution in [1.82, 2.24) is 48.7 Å². The van der Waals surface area contributed by atoms with E-state index in [9.17, 15) is 28.0 Å². The molecule has 10 rings (SSSR count). The van der Waals surface area contributed by atoms with E-state index in [4.69, 9.17) is 5.10 Å². The number of hydrogen-bond acceptors (Lipinski definition) is 9. The maximum atomic E-state index is 14.7. The van der Waals surface area contributed by atoms with Crippen molar-refractivity contribution in [3.05, 3.63) is 81.2 Å². The minimum Gasteiger partial charge on any atom is -0.338 e. The van der Waals surface area contributed by atoms with Crippen LogP contribution in [-0.4, -0.2) is 113 Å². The molecule has 3 saturated heterocycles. The summed E-state index contributed by atoms with van der Waals surface area (Å²) in [5, 5.41) is 12.0. The van der Waals surface area contributed by atoms with Crippen molar-refractivity contribution in [3.63, 3.8) is 0 Å². The lowest BCUT2D eigenvalue weighted by molar-refractivity contribution is -0.135. The third-order valence-corrected chi connectivity index (χ3v) is 15.2. The quantitative estimate of drug-likeness (QED) is 0.163. The van der Waals surface area contributed by atoms with E-state index >= 15 is 0 Å². The van der Waals surface area contributed by atoms with Gasteiger partial charge in [-0.3, -0.25) is 38.2 Å². The van der Waals surface area contributed by atoms with E-state index in [1.807, 2.05) is 17.0 Å². The normalized spacial score (nSPS) is 20.4. The van der Waals surface area contributed by atoms with Crippen LogP contribution in [0.25, 0.3) is 22.2 Å². The third kappa shape index (κ3) is 8.48. The van der Waals surface area contributed by atoms with Crippen LogP contribution in [0.3, 0.4) is 0 Å². The summed E-state index contributed by atoms with van der Waals surface area (Å²) >= 11 is 0. The molecule has 5 aliphatic rings. The average Bonchev–Trinajstić information content (AvgIpc) is 4.00. The Labute approximate surface area is 383 Å². The number of rotatable bonds is 11. The summed E-state index contributed by atoms with van der Waals surface area (Å²) in [5.41, 5.74) is 7.69. The number of carbonyl (C=O) groups excluding carboxylic acids is 3. The van der Waals surface area contributed by atoms with Crippen LogP contribution >= 0.6 is 0 Å². The molecule has 5 aliphatic heterocycles. The number of aromatic nitrogens is 6. The fraction of sp³-hybridized carbons (Fsp3) is 0.551. The van der Waals surface area contributed by atoms with Gasteiger partial charge >= 0.3 is 5.69 Å². The smallest absolute Gasteiger partial charge is 0.329 e. The minimum absolute atomic E-state index is 0.00695. The standard InChI is InChI=1S/C49H61F2N11O4/c1-31(63)59-22-16-40-39(30-59)47(60-17-4-5-34-26-37(35-28-52-55(2)29-35)38(46(50)51)27-43(34)60)54-62(40)36-14-20-58(21-15-36)24-23-57-18-12-32(13-19-57)6-7-33-8-9-41-44(25-33)56(3)49(66)61(41)42-10-11-45(64)53-48(42)65/h8-9,25-29,32,36,42,46H,4-7,10-24,30H2,1-3H3,(H,53,64,65). The first-order chi connectivity index (χ1) is 31.9. The number of fused-ring (bicyclic) bond motifs is 3. The molecule has 3 amide bonds. The highest BCUT2D eigenvalue weighted by Crippen LogP contribution is 2.44. The van der Waals surface area contributed by atoms with Gasteiger partial charge in [-0.05, 0) is 118 Å². The van der Waals surface area contributed by atoms with Gasteiger partial charge in [-0.2, -0.15) is 10.2 Å². The Morgan fingerprint density at radius 1 is 0.879 bits per heavy atom. The van der Waals surface area contributed by atoms with Crippen LogP contribution in [-0.2, 0) is 54.3 Å². The zero-order valence-electron chi connectivity index (χ0n) is 38.4. The monoisotopic (exact) mass is 905 g/mol. The molecule has 66 heavy (non-hydrogen) atoms. The predicted molar refractivity (Wildman–Crippen MR) is 247 cm³/mol. The third-order valence-electron chi connectivity index (χ3n) is 15.2. The molecular weight excluding hydrogens is 845 g/mol. The molecule has 0 aliphatic carbocycles. The summed E-state index contributed by atoms with van der Waals surface area (Å²) < 4.78 is 36.5. The predicted octanol–water partition coefficient (Wildman–Crippen LogP) is 5.82. The molecule has 0 saturated carbocycles. The summed E-state index contributed by atoms with van der Waals surface area (Å²) in [5.74, 6) is 0.759. The Kier molecular flexibility index (Phi) is 12.2. The van der Waals surface area contributed by atoms with Crippen molar-refractivity contribution in [2.45, 2.75) is 103 Å². The molecule has 0 spiro atoms. The molecule has 3 aromatic heterocycles. The zero-order valence-corrected chi connectivity index (χ0v) is 38.4. The Hall–Kier alpha value is -5.68. The lowest BCUT2D eigenvalue weighted by Gasteiger charge is -2.36. The van der Waals surface area contributed by atoms with Crippen molar-refractivity contribution >= 4 is 40.3 Å². The summed E-state index contributed by atoms with van der Waals surface area (Å²) in [6.07, 6.45) is 10.0. The first kappa shape index (κ1) is 44.2. The fourth-order valence-electron chi connectivity index (χ4n) is 11.4. The topological polar surface area (TPSA) is 139 Å². The minimum atomic E-state index is -2.65. The van der Waals surface area contributed by atoms with Crippen molar-refractivity contribution < 1.29 is 23.2 Å². The van der Waals surface area contributed by atoms with Crippen LogP contribution in [0.1, 0.15) is 105 Å². The molecule has 1 N–H and O–H groups in total. The van der Waals surface area contributed by atoms with Crippen molar-refractivity contribution in [2.75, 3.05) is 57.3 Å². The first-order valence-electron chi connectivity index (χ1n) is 24.0. The maximum Gasteiger partial charge on any atom is 0.329 e. The van der Waals surface area contributed by atoms with Crippen molar-refractivity contribution in [3.8, 4) is 11.1 Å². The van der Waals surface area contributed by atoms with E-state index in [1.54, 1.807) is 48.7 Å². The van der Waals surface area contributed by atoms with Gasteiger partial charge in [0.25, 0.3) is 6.43 Å². The molecule has 8 heterocycles. The van der Waals surface area contributed by atoms with Crippen LogP contribution in [0.5, 0.6) is 0 Å². The number of halogens is 2. The van der Waals surface area contributed by atoms with Crippen LogP contribution in [0, 0.1) is 5.92 Å². The SMILES string of the molecule is CC(=O)N1CCc2c(c(N3CCCc4cc(-c5cnn(C)c5)c(C(F)F)cc43)nn2C2CCN(CCN3CCC(CCc4ccc5c(c4)n(C)c(=O)n5C4CCC(=O)NC4=O)CC3)CC2)C1. The van der Waals surface area contributed by atoms with Crippen LogP contribution < -0.4 is 15.9 Å². The molecule has 0 radical (unpaired) electrons. The number of imide groups is 1. The molecule has 15 nitrogen and oxygen atoms in total.